The highest BCUT2D eigenvalue weighted by Crippen LogP contribution is 2.32. The highest BCUT2D eigenvalue weighted by Gasteiger charge is 2.36. The first kappa shape index (κ1) is 16.8. The van der Waals surface area contributed by atoms with E-state index < -0.39 is 0 Å². The molecule has 0 aromatic rings. The first-order valence-electron chi connectivity index (χ1n) is 8.74. The second-order valence-electron chi connectivity index (χ2n) is 7.23. The largest absolute Gasteiger partial charge is 0.394 e. The lowest BCUT2D eigenvalue weighted by atomic mass is 9.77. The lowest BCUT2D eigenvalue weighted by Gasteiger charge is -2.41. The average Bonchev–Trinajstić information content (AvgIpc) is 2.78. The molecule has 1 unspecified atom stereocenters. The van der Waals surface area contributed by atoms with Crippen molar-refractivity contribution in [1.82, 2.24) is 10.2 Å². The van der Waals surface area contributed by atoms with Gasteiger partial charge in [-0.1, -0.05) is 19.8 Å². The predicted octanol–water partition coefficient (Wildman–Crippen LogP) is 2.31. The third-order valence-electron chi connectivity index (χ3n) is 5.34. The van der Waals surface area contributed by atoms with Crippen molar-refractivity contribution in [3.63, 3.8) is 0 Å². The van der Waals surface area contributed by atoms with Crippen LogP contribution in [0.15, 0.2) is 0 Å². The highest BCUT2D eigenvalue weighted by molar-refractivity contribution is 5.81. The Morgan fingerprint density at radius 3 is 2.33 bits per heavy atom. The molecule has 0 radical (unpaired) electrons. The van der Waals surface area contributed by atoms with E-state index in [1.165, 1.54) is 12.8 Å². The van der Waals surface area contributed by atoms with Gasteiger partial charge in [0.2, 0.25) is 5.91 Å². The van der Waals surface area contributed by atoms with E-state index in [1.54, 1.807) is 0 Å². The van der Waals surface area contributed by atoms with Crippen molar-refractivity contribution in [1.29, 1.82) is 0 Å². The quantitative estimate of drug-likeness (QED) is 0.837. The van der Waals surface area contributed by atoms with Crippen LogP contribution in [0.25, 0.3) is 0 Å². The van der Waals surface area contributed by atoms with Crippen LogP contribution in [0.2, 0.25) is 0 Å². The molecule has 2 aliphatic rings. The van der Waals surface area contributed by atoms with Gasteiger partial charge in [-0.25, -0.2) is 0 Å². The van der Waals surface area contributed by atoms with Gasteiger partial charge < -0.3 is 10.0 Å². The molecule has 21 heavy (non-hydrogen) atoms. The van der Waals surface area contributed by atoms with E-state index in [-0.39, 0.29) is 24.1 Å². The number of hydrogen-bond donors (Lipinski definition) is 2. The maximum absolute atomic E-state index is 12.6. The number of nitrogens with zero attached hydrogens (tertiary/aromatic N) is 1. The van der Waals surface area contributed by atoms with Gasteiger partial charge in [0, 0.05) is 18.6 Å². The number of hydrogen-bond acceptors (Lipinski definition) is 3. The molecular formula is C17H32N2O2. The van der Waals surface area contributed by atoms with Crippen LogP contribution in [0.5, 0.6) is 0 Å². The van der Waals surface area contributed by atoms with Crippen molar-refractivity contribution in [2.75, 3.05) is 19.7 Å². The number of nitrogens with one attached hydrogen (secondary N) is 1. The zero-order valence-electron chi connectivity index (χ0n) is 13.7. The first-order valence-corrected chi connectivity index (χ1v) is 8.74. The summed E-state index contributed by atoms with van der Waals surface area (Å²) in [6, 6.07) is -0.191. The van der Waals surface area contributed by atoms with Gasteiger partial charge in [-0.05, 0) is 51.4 Å². The van der Waals surface area contributed by atoms with Crippen LogP contribution in [0.3, 0.4) is 0 Å². The molecule has 2 rings (SSSR count). The number of aliphatic hydroxyl groups is 1. The molecular weight excluding hydrogens is 264 g/mol. The van der Waals surface area contributed by atoms with Crippen molar-refractivity contribution in [3.05, 3.63) is 0 Å². The van der Waals surface area contributed by atoms with E-state index in [2.05, 4.69) is 12.2 Å². The summed E-state index contributed by atoms with van der Waals surface area (Å²) in [4.78, 5) is 14.6. The zero-order chi connectivity index (χ0) is 15.3. The number of aliphatic hydroxyl groups excluding tert-OH is 1. The normalized spacial score (nSPS) is 32.5. The van der Waals surface area contributed by atoms with E-state index in [4.69, 9.17) is 0 Å². The smallest absolute Gasteiger partial charge is 0.239 e. The van der Waals surface area contributed by atoms with Gasteiger partial charge in [-0.2, -0.15) is 0 Å². The van der Waals surface area contributed by atoms with Gasteiger partial charge in [0.1, 0.15) is 0 Å². The fourth-order valence-corrected chi connectivity index (χ4v) is 3.75. The summed E-state index contributed by atoms with van der Waals surface area (Å²) in [6.45, 7) is 6.16. The fourth-order valence-electron chi connectivity index (χ4n) is 3.75. The monoisotopic (exact) mass is 296 g/mol. The Labute approximate surface area is 129 Å². The maximum Gasteiger partial charge on any atom is 0.239 e. The van der Waals surface area contributed by atoms with E-state index in [0.717, 1.165) is 57.5 Å². The number of likely N-dealkylation sites (tertiary alicyclic amines) is 1. The lowest BCUT2D eigenvalue weighted by Crippen LogP contribution is -2.58. The minimum Gasteiger partial charge on any atom is -0.394 e. The molecule has 1 aliphatic heterocycles. The van der Waals surface area contributed by atoms with Crippen LogP contribution in [0.4, 0.5) is 0 Å². The highest BCUT2D eigenvalue weighted by atomic mass is 16.3. The third-order valence-corrected chi connectivity index (χ3v) is 5.34. The molecule has 0 spiro atoms. The van der Waals surface area contributed by atoms with Gasteiger partial charge in [-0.3, -0.25) is 10.1 Å². The van der Waals surface area contributed by atoms with Gasteiger partial charge in [0.25, 0.3) is 0 Å². The molecule has 1 saturated carbocycles. The minimum atomic E-state index is -0.243. The zero-order valence-corrected chi connectivity index (χ0v) is 13.7. The molecule has 1 heterocycles. The first-order chi connectivity index (χ1) is 10.1. The van der Waals surface area contributed by atoms with Crippen molar-refractivity contribution < 1.29 is 9.90 Å². The Bertz CT molecular complexity index is 330. The Hall–Kier alpha value is -0.610. The number of carbonyl (C=O) groups excluding carboxylic acids is 1. The van der Waals surface area contributed by atoms with Crippen LogP contribution < -0.4 is 5.32 Å². The van der Waals surface area contributed by atoms with Crippen LogP contribution in [0.1, 0.15) is 65.2 Å². The van der Waals surface area contributed by atoms with Gasteiger partial charge in [-0.15, -0.1) is 0 Å². The van der Waals surface area contributed by atoms with E-state index in [1.807, 2.05) is 11.8 Å². The minimum absolute atomic E-state index is 0.136. The second-order valence-corrected chi connectivity index (χ2v) is 7.23. The molecule has 1 atom stereocenters. The van der Waals surface area contributed by atoms with Crippen LogP contribution >= 0.6 is 0 Å². The SMILES string of the molecule is CC1CCC(CO)(NC(C)C(=O)N2CCCCCC2)CC1. The number of amides is 1. The van der Waals surface area contributed by atoms with E-state index in [0.29, 0.717) is 0 Å². The Balaban J connectivity index is 1.92. The van der Waals surface area contributed by atoms with Crippen LogP contribution in [-0.2, 0) is 4.79 Å². The molecule has 1 aliphatic carbocycles. The fraction of sp³-hybridized carbons (Fsp3) is 0.941. The molecule has 2 N–H and O–H groups in total. The van der Waals surface area contributed by atoms with Crippen molar-refractivity contribution in [2.24, 2.45) is 5.92 Å². The molecule has 0 aromatic heterocycles. The Morgan fingerprint density at radius 1 is 1.24 bits per heavy atom. The van der Waals surface area contributed by atoms with Crippen molar-refractivity contribution in [2.45, 2.75) is 76.8 Å². The predicted molar refractivity (Wildman–Crippen MR) is 85.1 cm³/mol. The number of carbonyl (C=O) groups is 1. The van der Waals surface area contributed by atoms with Crippen LogP contribution in [0, 0.1) is 5.92 Å². The molecule has 0 bridgehead atoms. The van der Waals surface area contributed by atoms with Gasteiger partial charge >= 0.3 is 0 Å². The lowest BCUT2D eigenvalue weighted by molar-refractivity contribution is -0.134. The summed E-state index contributed by atoms with van der Waals surface area (Å²) in [7, 11) is 0. The molecule has 4 nitrogen and oxygen atoms in total. The van der Waals surface area contributed by atoms with E-state index in [9.17, 15) is 9.90 Å². The summed E-state index contributed by atoms with van der Waals surface area (Å²) < 4.78 is 0. The summed E-state index contributed by atoms with van der Waals surface area (Å²) in [5.74, 6) is 0.950. The molecule has 2 fully saturated rings. The number of rotatable bonds is 4. The summed E-state index contributed by atoms with van der Waals surface area (Å²) >= 11 is 0. The van der Waals surface area contributed by atoms with E-state index >= 15 is 0 Å². The standard InChI is InChI=1S/C17H32N2O2/c1-14-7-9-17(13-20,10-8-14)18-15(2)16(21)19-11-5-3-4-6-12-19/h14-15,18,20H,3-13H2,1-2H3. The van der Waals surface area contributed by atoms with Crippen molar-refractivity contribution in [3.8, 4) is 0 Å². The topological polar surface area (TPSA) is 52.6 Å². The molecule has 122 valence electrons. The third kappa shape index (κ3) is 4.43. The molecule has 1 saturated heterocycles. The summed E-state index contributed by atoms with van der Waals surface area (Å²) in [5, 5.41) is 13.3. The molecule has 0 aromatic carbocycles. The summed E-state index contributed by atoms with van der Waals surface area (Å²) in [6.07, 6.45) is 8.96. The maximum atomic E-state index is 12.6. The molecule has 4 heteroatoms. The molecule has 1 amide bonds. The van der Waals surface area contributed by atoms with Crippen molar-refractivity contribution >= 4 is 5.91 Å². The average molecular weight is 296 g/mol. The second kappa shape index (κ2) is 7.59. The Morgan fingerprint density at radius 2 is 1.81 bits per heavy atom. The van der Waals surface area contributed by atoms with Crippen LogP contribution in [-0.4, -0.2) is 47.2 Å². The Kier molecular flexibility index (Phi) is 6.06. The van der Waals surface area contributed by atoms with Gasteiger partial charge in [0.05, 0.1) is 12.6 Å². The van der Waals surface area contributed by atoms with Gasteiger partial charge in [0.15, 0.2) is 0 Å². The summed E-state index contributed by atoms with van der Waals surface area (Å²) in [5.41, 5.74) is -0.243.